The van der Waals surface area contributed by atoms with Crippen LogP contribution in [0.3, 0.4) is 0 Å². The molecule has 5 nitrogen and oxygen atoms in total. The highest BCUT2D eigenvalue weighted by atomic mass is 16.3. The minimum Gasteiger partial charge on any atom is -0.388 e. The van der Waals surface area contributed by atoms with Crippen molar-refractivity contribution in [2.24, 2.45) is 5.73 Å². The second-order valence-electron chi connectivity index (χ2n) is 3.69. The molecule has 84 valence electrons. The van der Waals surface area contributed by atoms with Gasteiger partial charge in [-0.15, -0.1) is 0 Å². The number of aromatic amines is 1. The Morgan fingerprint density at radius 1 is 1.38 bits per heavy atom. The lowest BCUT2D eigenvalue weighted by Crippen LogP contribution is -2.13. The molecule has 0 amide bonds. The number of nitrogens with two attached hydrogens (primary N) is 1. The summed E-state index contributed by atoms with van der Waals surface area (Å²) in [6.07, 6.45) is 0. The molecule has 0 aliphatic heterocycles. The third-order valence-corrected chi connectivity index (χ3v) is 2.41. The molecule has 0 aliphatic carbocycles. The van der Waals surface area contributed by atoms with Gasteiger partial charge in [0.2, 0.25) is 0 Å². The van der Waals surface area contributed by atoms with Gasteiger partial charge >= 0.3 is 0 Å². The van der Waals surface area contributed by atoms with Crippen molar-refractivity contribution in [2.75, 3.05) is 0 Å². The highest BCUT2D eigenvalue weighted by Crippen LogP contribution is 2.16. The van der Waals surface area contributed by atoms with Gasteiger partial charge in [-0.25, -0.2) is 4.98 Å². The first-order valence-corrected chi connectivity index (χ1v) is 5.05. The summed E-state index contributed by atoms with van der Waals surface area (Å²) in [5.41, 5.74) is 8.14. The first-order valence-electron chi connectivity index (χ1n) is 5.05. The van der Waals surface area contributed by atoms with Gasteiger partial charge in [0.15, 0.2) is 5.82 Å². The summed E-state index contributed by atoms with van der Waals surface area (Å²) >= 11 is 0. The Kier molecular flexibility index (Phi) is 2.98. The molecule has 0 aliphatic rings. The van der Waals surface area contributed by atoms with Gasteiger partial charge < -0.3 is 10.8 Å². The fourth-order valence-corrected chi connectivity index (χ4v) is 1.44. The number of aryl methyl sites for hydroxylation is 1. The van der Waals surface area contributed by atoms with Crippen LogP contribution in [-0.4, -0.2) is 20.3 Å². The normalized spacial score (nSPS) is 12.7. The predicted octanol–water partition coefficient (Wildman–Crippen LogP) is 0.654. The van der Waals surface area contributed by atoms with Crippen molar-refractivity contribution < 1.29 is 5.11 Å². The standard InChI is InChI=1S/C11H14N4O/c1-7-2-4-8(5-3-7)10(12)11-13-9(6-16)14-15-11/h2-5,10,16H,6,12H2,1H3,(H,13,14,15)/t10-/m0/s1. The quantitative estimate of drug-likeness (QED) is 0.706. The highest BCUT2D eigenvalue weighted by Gasteiger charge is 2.13. The van der Waals surface area contributed by atoms with Gasteiger partial charge in [-0.1, -0.05) is 29.8 Å². The Morgan fingerprint density at radius 2 is 2.06 bits per heavy atom. The molecule has 0 fully saturated rings. The minimum absolute atomic E-state index is 0.159. The van der Waals surface area contributed by atoms with Gasteiger partial charge in [-0.05, 0) is 12.5 Å². The van der Waals surface area contributed by atoms with Crippen molar-refractivity contribution in [1.82, 2.24) is 15.2 Å². The number of benzene rings is 1. The Labute approximate surface area is 93.3 Å². The average molecular weight is 218 g/mol. The maximum Gasteiger partial charge on any atom is 0.171 e. The number of aliphatic hydroxyl groups excluding tert-OH is 1. The number of H-pyrrole nitrogens is 1. The van der Waals surface area contributed by atoms with E-state index in [1.165, 1.54) is 5.56 Å². The van der Waals surface area contributed by atoms with Gasteiger partial charge in [-0.3, -0.25) is 5.10 Å². The second kappa shape index (κ2) is 4.42. The molecule has 1 aromatic heterocycles. The van der Waals surface area contributed by atoms with E-state index in [9.17, 15) is 0 Å². The lowest BCUT2D eigenvalue weighted by atomic mass is 10.1. The second-order valence-corrected chi connectivity index (χ2v) is 3.69. The number of hydrogen-bond acceptors (Lipinski definition) is 4. The molecular formula is C11H14N4O. The predicted molar refractivity (Wildman–Crippen MR) is 59.5 cm³/mol. The fraction of sp³-hybridized carbons (Fsp3) is 0.273. The molecule has 1 atom stereocenters. The van der Waals surface area contributed by atoms with E-state index in [4.69, 9.17) is 10.8 Å². The maximum absolute atomic E-state index is 8.87. The van der Waals surface area contributed by atoms with Crippen LogP contribution < -0.4 is 5.73 Å². The zero-order valence-electron chi connectivity index (χ0n) is 9.01. The van der Waals surface area contributed by atoms with E-state index in [0.29, 0.717) is 11.6 Å². The summed E-state index contributed by atoms with van der Waals surface area (Å²) in [6.45, 7) is 1.86. The molecule has 0 radical (unpaired) electrons. The molecule has 1 heterocycles. The van der Waals surface area contributed by atoms with E-state index >= 15 is 0 Å². The summed E-state index contributed by atoms with van der Waals surface area (Å²) in [5.74, 6) is 0.922. The lowest BCUT2D eigenvalue weighted by molar-refractivity contribution is 0.271. The Balaban J connectivity index is 2.24. The van der Waals surface area contributed by atoms with E-state index < -0.39 is 0 Å². The average Bonchev–Trinajstić information content (AvgIpc) is 2.77. The van der Waals surface area contributed by atoms with E-state index in [1.54, 1.807) is 0 Å². The molecule has 0 unspecified atom stereocenters. The number of nitrogens with zero attached hydrogens (tertiary/aromatic N) is 2. The van der Waals surface area contributed by atoms with Gasteiger partial charge in [0.1, 0.15) is 12.4 Å². The van der Waals surface area contributed by atoms with Crippen LogP contribution in [0.5, 0.6) is 0 Å². The van der Waals surface area contributed by atoms with Gasteiger partial charge in [0.25, 0.3) is 0 Å². The smallest absolute Gasteiger partial charge is 0.171 e. The molecule has 5 heteroatoms. The maximum atomic E-state index is 8.87. The summed E-state index contributed by atoms with van der Waals surface area (Å²) in [6, 6.07) is 7.53. The molecular weight excluding hydrogens is 204 g/mol. The van der Waals surface area contributed by atoms with Crippen LogP contribution in [0.2, 0.25) is 0 Å². The summed E-state index contributed by atoms with van der Waals surface area (Å²) in [7, 11) is 0. The van der Waals surface area contributed by atoms with Crippen molar-refractivity contribution in [1.29, 1.82) is 0 Å². The molecule has 4 N–H and O–H groups in total. The number of aliphatic hydroxyl groups is 1. The van der Waals surface area contributed by atoms with Crippen LogP contribution in [0, 0.1) is 6.92 Å². The molecule has 0 spiro atoms. The Morgan fingerprint density at radius 3 is 2.62 bits per heavy atom. The monoisotopic (exact) mass is 218 g/mol. The zero-order valence-corrected chi connectivity index (χ0v) is 9.01. The lowest BCUT2D eigenvalue weighted by Gasteiger charge is -2.07. The number of rotatable bonds is 3. The van der Waals surface area contributed by atoms with E-state index in [0.717, 1.165) is 5.56 Å². The van der Waals surface area contributed by atoms with Crippen molar-refractivity contribution in [3.8, 4) is 0 Å². The third kappa shape index (κ3) is 2.10. The fourth-order valence-electron chi connectivity index (χ4n) is 1.44. The Bertz CT molecular complexity index is 463. The van der Waals surface area contributed by atoms with Crippen LogP contribution in [0.15, 0.2) is 24.3 Å². The molecule has 2 rings (SSSR count). The number of hydrogen-bond donors (Lipinski definition) is 3. The molecule has 2 aromatic rings. The topological polar surface area (TPSA) is 87.8 Å². The highest BCUT2D eigenvalue weighted by molar-refractivity contribution is 5.27. The van der Waals surface area contributed by atoms with Crippen molar-refractivity contribution in [2.45, 2.75) is 19.6 Å². The van der Waals surface area contributed by atoms with Crippen molar-refractivity contribution in [3.63, 3.8) is 0 Å². The van der Waals surface area contributed by atoms with Gasteiger partial charge in [0.05, 0.1) is 6.04 Å². The van der Waals surface area contributed by atoms with Crippen molar-refractivity contribution in [3.05, 3.63) is 47.0 Å². The molecule has 16 heavy (non-hydrogen) atoms. The van der Waals surface area contributed by atoms with Crippen LogP contribution in [0.25, 0.3) is 0 Å². The molecule has 0 bridgehead atoms. The summed E-state index contributed by atoms with van der Waals surface area (Å²) in [5, 5.41) is 15.5. The van der Waals surface area contributed by atoms with Gasteiger partial charge in [-0.2, -0.15) is 5.10 Å². The largest absolute Gasteiger partial charge is 0.388 e. The van der Waals surface area contributed by atoms with Crippen LogP contribution in [0.4, 0.5) is 0 Å². The zero-order chi connectivity index (χ0) is 11.5. The molecule has 0 saturated carbocycles. The summed E-state index contributed by atoms with van der Waals surface area (Å²) in [4.78, 5) is 4.09. The van der Waals surface area contributed by atoms with Gasteiger partial charge in [0, 0.05) is 0 Å². The minimum atomic E-state index is -0.364. The van der Waals surface area contributed by atoms with E-state index in [2.05, 4.69) is 15.2 Å². The van der Waals surface area contributed by atoms with Crippen molar-refractivity contribution >= 4 is 0 Å². The molecule has 0 saturated heterocycles. The van der Waals surface area contributed by atoms with Crippen LogP contribution in [-0.2, 0) is 6.61 Å². The number of nitrogens with one attached hydrogen (secondary N) is 1. The van der Waals surface area contributed by atoms with E-state index in [1.807, 2.05) is 31.2 Å². The molecule has 1 aromatic carbocycles. The SMILES string of the molecule is Cc1ccc([C@H](N)c2n[nH]c(CO)n2)cc1. The summed E-state index contributed by atoms with van der Waals surface area (Å²) < 4.78 is 0. The third-order valence-electron chi connectivity index (χ3n) is 2.41. The van der Waals surface area contributed by atoms with Crippen LogP contribution >= 0.6 is 0 Å². The first-order chi connectivity index (χ1) is 7.70. The van der Waals surface area contributed by atoms with E-state index in [-0.39, 0.29) is 12.6 Å². The first kappa shape index (κ1) is 10.8. The number of aromatic nitrogens is 3. The van der Waals surface area contributed by atoms with Crippen LogP contribution in [0.1, 0.15) is 28.8 Å². The Hall–Kier alpha value is -1.72.